The molecule has 5 atom stereocenters. The number of aryl methyl sites for hydroxylation is 1. The molecule has 5 aromatic rings. The lowest BCUT2D eigenvalue weighted by Gasteiger charge is -2.40. The van der Waals surface area contributed by atoms with Crippen LogP contribution in [0.15, 0.2) is 65.6 Å². The number of nitrogens with one attached hydrogen (secondary N) is 1. The Morgan fingerprint density at radius 3 is 1.94 bits per heavy atom. The van der Waals surface area contributed by atoms with Crippen LogP contribution in [0.25, 0.3) is 0 Å². The molecule has 0 bridgehead atoms. The number of carbonyl (C=O) groups excluding carboxylic acids is 5. The minimum Gasteiger partial charge on any atom is -0.507 e. The topological polar surface area (TPSA) is 341 Å². The molecular formula is C43H33NO19S. The Balaban J connectivity index is 1.17. The minimum atomic E-state index is -4.81. The van der Waals surface area contributed by atoms with Gasteiger partial charge in [-0.15, -0.1) is 0 Å². The van der Waals surface area contributed by atoms with Gasteiger partial charge in [-0.1, -0.05) is 30.3 Å². The number of ketones is 4. The second kappa shape index (κ2) is 15.5. The van der Waals surface area contributed by atoms with Crippen molar-refractivity contribution in [2.75, 3.05) is 11.9 Å². The first-order valence-electron chi connectivity index (χ1n) is 18.8. The lowest BCUT2D eigenvalue weighted by molar-refractivity contribution is -0.232. The van der Waals surface area contributed by atoms with Crippen LogP contribution < -0.4 is 14.8 Å². The van der Waals surface area contributed by atoms with Crippen molar-refractivity contribution in [3.8, 4) is 34.5 Å². The van der Waals surface area contributed by atoms with Crippen LogP contribution >= 0.6 is 0 Å². The van der Waals surface area contributed by atoms with E-state index in [1.807, 2.05) is 0 Å². The largest absolute Gasteiger partial charge is 0.519 e. The fourth-order valence-corrected chi connectivity index (χ4v) is 8.82. The maximum absolute atomic E-state index is 14.2. The number of hydrogen-bond donors (Lipinski definition) is 10. The molecule has 0 unspecified atom stereocenters. The smallest absolute Gasteiger partial charge is 0.507 e. The molecule has 0 amide bonds. The minimum absolute atomic E-state index is 0.0491. The van der Waals surface area contributed by atoms with Crippen LogP contribution in [-0.2, 0) is 14.9 Å². The fourth-order valence-electron chi connectivity index (χ4n) is 8.09. The van der Waals surface area contributed by atoms with Gasteiger partial charge in [0.05, 0.1) is 45.8 Å². The van der Waals surface area contributed by atoms with Crippen molar-refractivity contribution in [1.82, 2.24) is 0 Å². The van der Waals surface area contributed by atoms with Gasteiger partial charge in [-0.2, -0.15) is 8.42 Å². The molecule has 1 fully saturated rings. The van der Waals surface area contributed by atoms with Gasteiger partial charge in [0, 0.05) is 27.8 Å². The Bertz CT molecular complexity index is 3050. The molecule has 0 saturated carbocycles. The highest BCUT2D eigenvalue weighted by Crippen LogP contribution is 2.53. The average molecular weight is 900 g/mol. The molecule has 21 heteroatoms. The highest BCUT2D eigenvalue weighted by atomic mass is 32.2. The van der Waals surface area contributed by atoms with E-state index in [2.05, 4.69) is 5.32 Å². The van der Waals surface area contributed by atoms with Crippen molar-refractivity contribution in [2.45, 2.75) is 49.3 Å². The number of hydrogen-bond acceptors (Lipinski definition) is 19. The number of phenols is 4. The Morgan fingerprint density at radius 2 is 1.30 bits per heavy atom. The molecular weight excluding hydrogens is 867 g/mol. The zero-order chi connectivity index (χ0) is 46.4. The van der Waals surface area contributed by atoms with Crippen molar-refractivity contribution in [2.24, 2.45) is 0 Å². The van der Waals surface area contributed by atoms with E-state index in [-0.39, 0.29) is 28.1 Å². The summed E-state index contributed by atoms with van der Waals surface area (Å²) in [5.41, 5.74) is -5.30. The number of anilines is 2. The van der Waals surface area contributed by atoms with E-state index in [1.54, 1.807) is 6.92 Å². The summed E-state index contributed by atoms with van der Waals surface area (Å²) in [5.74, 6) is -10.2. The fraction of sp³-hybridized carbons (Fsp3) is 0.186. The first-order valence-corrected chi connectivity index (χ1v) is 20.3. The first-order chi connectivity index (χ1) is 30.2. The molecule has 1 saturated heterocycles. The van der Waals surface area contributed by atoms with Crippen LogP contribution in [-0.4, -0.2) is 114 Å². The van der Waals surface area contributed by atoms with E-state index < -0.39 is 155 Å². The second-order valence-electron chi connectivity index (χ2n) is 15.0. The van der Waals surface area contributed by atoms with E-state index in [1.165, 1.54) is 48.5 Å². The first kappa shape index (κ1) is 43.4. The van der Waals surface area contributed by atoms with Crippen LogP contribution in [0.4, 0.5) is 16.2 Å². The normalized spacial score (nSPS) is 20.2. The van der Waals surface area contributed by atoms with Crippen LogP contribution in [0.3, 0.4) is 0 Å². The van der Waals surface area contributed by atoms with Gasteiger partial charge in [-0.05, 0) is 49.7 Å². The number of fused-ring (bicyclic) bond motifs is 4. The molecule has 3 aliphatic rings. The van der Waals surface area contributed by atoms with Gasteiger partial charge in [-0.25, -0.2) is 4.79 Å². The number of phenolic OH excluding ortho intramolecular Hbond substituents is 4. The molecule has 64 heavy (non-hydrogen) atoms. The van der Waals surface area contributed by atoms with Crippen molar-refractivity contribution in [1.29, 1.82) is 0 Å². The highest BCUT2D eigenvalue weighted by molar-refractivity contribution is 7.86. The Morgan fingerprint density at radius 1 is 0.688 bits per heavy atom. The quantitative estimate of drug-likeness (QED) is 0.0361. The maximum Gasteiger partial charge on any atom is 0.519 e. The zero-order valence-electron chi connectivity index (χ0n) is 32.9. The van der Waals surface area contributed by atoms with Crippen LogP contribution in [0.1, 0.15) is 86.5 Å². The van der Waals surface area contributed by atoms with Crippen LogP contribution in [0, 0.1) is 13.8 Å². The van der Waals surface area contributed by atoms with Crippen molar-refractivity contribution < 1.29 is 92.0 Å². The van der Waals surface area contributed by atoms with E-state index in [0.717, 1.165) is 13.0 Å². The number of carbonyl (C=O) groups is 5. The second-order valence-corrected chi connectivity index (χ2v) is 16.4. The molecule has 0 spiro atoms. The monoisotopic (exact) mass is 899 g/mol. The standard InChI is InChI=1S/C43H33NO19S/c1-14-7-8-19(24(11-14)64(58,59)60)44-20-9-10-22(27-26(20)31(47)16-5-3-4-6-17(16)32(27)48)62-43(57)63-41-15(2)25-18(12-21(41)46)33(49)28-29(35(25)51)36(52)30(38(54)37(28)53)42-40(56)39(55)34(50)23(13-45)61-42/h3-12,23,34,39-40,42,44-46,50,52-56H,13H2,1-2H3,(H,58,59,60)/t23-,34-,39+,40-,42+/m1/s1. The summed E-state index contributed by atoms with van der Waals surface area (Å²) in [6.45, 7) is 1.75. The van der Waals surface area contributed by atoms with Gasteiger partial charge in [0.15, 0.2) is 46.1 Å². The molecule has 330 valence electrons. The molecule has 1 aliphatic heterocycles. The average Bonchev–Trinajstić information content (AvgIpc) is 3.25. The summed E-state index contributed by atoms with van der Waals surface area (Å²) in [6.07, 6.45) is -11.3. The summed E-state index contributed by atoms with van der Waals surface area (Å²) in [7, 11) is -4.81. The SMILES string of the molecule is Cc1ccc(Nc2ccc(OC(=O)Oc3c(O)cc4c(c3C)C(=O)c3c(O)c([C@@H]5O[C@H](CO)[C@@H](O)[C@H](O)[C@H]5O)c(O)c(O)c3C4=O)c3c2C(=O)c2ccccc2C3=O)c(S(=O)(=O)O)c1. The van der Waals surface area contributed by atoms with Gasteiger partial charge in [0.25, 0.3) is 10.1 Å². The third kappa shape index (κ3) is 6.69. The van der Waals surface area contributed by atoms with E-state index in [0.29, 0.717) is 11.6 Å². The predicted octanol–water partition coefficient (Wildman–Crippen LogP) is 2.76. The van der Waals surface area contributed by atoms with Crippen LogP contribution in [0.2, 0.25) is 0 Å². The predicted molar refractivity (Wildman–Crippen MR) is 215 cm³/mol. The van der Waals surface area contributed by atoms with Gasteiger partial charge in [0.2, 0.25) is 0 Å². The van der Waals surface area contributed by atoms with E-state index in [4.69, 9.17) is 14.2 Å². The highest BCUT2D eigenvalue weighted by Gasteiger charge is 2.49. The van der Waals surface area contributed by atoms with Crippen LogP contribution in [0.5, 0.6) is 34.5 Å². The maximum atomic E-state index is 14.2. The number of rotatable bonds is 7. The van der Waals surface area contributed by atoms with Gasteiger partial charge in [0.1, 0.15) is 46.9 Å². The molecule has 0 aromatic heterocycles. The summed E-state index contributed by atoms with van der Waals surface area (Å²) >= 11 is 0. The summed E-state index contributed by atoms with van der Waals surface area (Å²) in [6, 6.07) is 12.6. The van der Waals surface area contributed by atoms with Crippen molar-refractivity contribution >= 4 is 50.8 Å². The summed E-state index contributed by atoms with van der Waals surface area (Å²) < 4.78 is 50.6. The Hall–Kier alpha value is -7.24. The van der Waals surface area contributed by atoms with Crippen molar-refractivity contribution in [3.63, 3.8) is 0 Å². The zero-order valence-corrected chi connectivity index (χ0v) is 33.7. The van der Waals surface area contributed by atoms with Gasteiger partial charge < -0.3 is 60.4 Å². The number of benzene rings is 5. The molecule has 20 nitrogen and oxygen atoms in total. The molecule has 1 heterocycles. The van der Waals surface area contributed by atoms with Gasteiger partial charge >= 0.3 is 6.16 Å². The summed E-state index contributed by atoms with van der Waals surface area (Å²) in [4.78, 5) is 69.1. The van der Waals surface area contributed by atoms with E-state index in [9.17, 15) is 77.8 Å². The number of ether oxygens (including phenoxy) is 3. The molecule has 10 N–H and O–H groups in total. The Kier molecular flexibility index (Phi) is 10.5. The molecule has 5 aromatic carbocycles. The lowest BCUT2D eigenvalue weighted by Crippen LogP contribution is -2.55. The van der Waals surface area contributed by atoms with Gasteiger partial charge in [-0.3, -0.25) is 23.7 Å². The number of aromatic hydroxyl groups is 4. The molecule has 8 rings (SSSR count). The van der Waals surface area contributed by atoms with E-state index >= 15 is 0 Å². The van der Waals surface area contributed by atoms with Crippen molar-refractivity contribution in [3.05, 3.63) is 122 Å². The Labute approximate surface area is 359 Å². The number of aliphatic hydroxyl groups excluding tert-OH is 4. The summed E-state index contributed by atoms with van der Waals surface area (Å²) in [5, 5.41) is 88.2. The number of aliphatic hydroxyl groups is 4. The molecule has 2 aliphatic carbocycles. The lowest BCUT2D eigenvalue weighted by atomic mass is 9.78. The third-order valence-corrected chi connectivity index (χ3v) is 12.1. The molecule has 0 radical (unpaired) electrons. The third-order valence-electron chi connectivity index (χ3n) is 11.2.